The van der Waals surface area contributed by atoms with Crippen molar-refractivity contribution in [3.63, 3.8) is 0 Å². The molecular weight excluding hydrogens is 405 g/mol. The van der Waals surface area contributed by atoms with Gasteiger partial charge in [0.25, 0.3) is 0 Å². The Morgan fingerprint density at radius 3 is 2.48 bits per heavy atom. The van der Waals surface area contributed by atoms with Crippen LogP contribution >= 0.6 is 0 Å². The number of aromatic nitrogens is 3. The topological polar surface area (TPSA) is 66.0 Å². The monoisotopic (exact) mass is 430 g/mol. The van der Waals surface area contributed by atoms with E-state index < -0.39 is 11.7 Å². The van der Waals surface area contributed by atoms with Gasteiger partial charge >= 0.3 is 6.18 Å². The zero-order valence-electron chi connectivity index (χ0n) is 17.7. The van der Waals surface area contributed by atoms with Crippen molar-refractivity contribution in [1.82, 2.24) is 19.9 Å². The maximum atomic E-state index is 13.3. The molecule has 3 rings (SSSR count). The number of aryl methyl sites for hydroxylation is 1. The van der Waals surface area contributed by atoms with Gasteiger partial charge in [-0.3, -0.25) is 4.98 Å². The van der Waals surface area contributed by atoms with Crippen molar-refractivity contribution in [3.05, 3.63) is 59.8 Å². The average Bonchev–Trinajstić information content (AvgIpc) is 2.72. The first-order valence-electron chi connectivity index (χ1n) is 9.86. The first kappa shape index (κ1) is 22.5. The minimum atomic E-state index is -4.42. The van der Waals surface area contributed by atoms with Crippen LogP contribution in [0.3, 0.4) is 0 Å². The van der Waals surface area contributed by atoms with E-state index in [1.165, 1.54) is 13.0 Å². The number of benzene rings is 1. The summed E-state index contributed by atoms with van der Waals surface area (Å²) in [4.78, 5) is 15.3. The number of nitrogens with one attached hydrogen (secondary N) is 2. The van der Waals surface area contributed by atoms with Crippen molar-refractivity contribution in [3.8, 4) is 11.4 Å². The fourth-order valence-corrected chi connectivity index (χ4v) is 2.98. The molecule has 0 unspecified atom stereocenters. The smallest absolute Gasteiger partial charge is 0.354 e. The highest BCUT2D eigenvalue weighted by molar-refractivity contribution is 5.66. The Morgan fingerprint density at radius 2 is 1.81 bits per heavy atom. The summed E-state index contributed by atoms with van der Waals surface area (Å²) < 4.78 is 39.8. The zero-order valence-corrected chi connectivity index (χ0v) is 17.7. The van der Waals surface area contributed by atoms with Crippen LogP contribution < -0.4 is 10.6 Å². The Hall–Kier alpha value is -3.20. The molecule has 2 heterocycles. The van der Waals surface area contributed by atoms with E-state index in [2.05, 4.69) is 30.5 Å². The summed E-state index contributed by atoms with van der Waals surface area (Å²) in [6.45, 7) is 3.00. The van der Waals surface area contributed by atoms with Gasteiger partial charge in [0.2, 0.25) is 5.95 Å². The zero-order chi connectivity index (χ0) is 22.4. The molecule has 9 heteroatoms. The largest absolute Gasteiger partial charge is 0.416 e. The molecule has 0 saturated carbocycles. The number of hydrogen-bond acceptors (Lipinski definition) is 6. The fourth-order valence-electron chi connectivity index (χ4n) is 2.98. The number of hydrogen-bond donors (Lipinski definition) is 2. The molecular formula is C22H25F3N6. The quantitative estimate of drug-likeness (QED) is 0.492. The Bertz CT molecular complexity index is 1010. The van der Waals surface area contributed by atoms with Gasteiger partial charge in [-0.25, -0.2) is 4.98 Å². The second-order valence-electron chi connectivity index (χ2n) is 7.41. The van der Waals surface area contributed by atoms with Gasteiger partial charge in [-0.1, -0.05) is 12.1 Å². The number of alkyl halides is 3. The van der Waals surface area contributed by atoms with Crippen LogP contribution in [-0.4, -0.2) is 47.0 Å². The van der Waals surface area contributed by atoms with Gasteiger partial charge in [0, 0.05) is 24.5 Å². The highest BCUT2D eigenvalue weighted by atomic mass is 19.4. The molecule has 31 heavy (non-hydrogen) atoms. The van der Waals surface area contributed by atoms with E-state index in [0.29, 0.717) is 35.4 Å². The predicted molar refractivity (Wildman–Crippen MR) is 116 cm³/mol. The van der Waals surface area contributed by atoms with E-state index in [1.807, 2.05) is 26.2 Å². The summed E-state index contributed by atoms with van der Waals surface area (Å²) in [5.41, 5.74) is 0.986. The van der Waals surface area contributed by atoms with Gasteiger partial charge in [0.15, 0.2) is 0 Å². The van der Waals surface area contributed by atoms with E-state index in [4.69, 9.17) is 0 Å². The normalized spacial score (nSPS) is 11.6. The molecule has 0 aliphatic carbocycles. The molecule has 2 N–H and O–H groups in total. The van der Waals surface area contributed by atoms with Crippen LogP contribution in [-0.2, 0) is 6.18 Å². The second-order valence-corrected chi connectivity index (χ2v) is 7.41. The molecule has 0 bridgehead atoms. The number of pyridine rings is 1. The lowest BCUT2D eigenvalue weighted by molar-refractivity contribution is -0.138. The van der Waals surface area contributed by atoms with Crippen molar-refractivity contribution in [2.45, 2.75) is 19.5 Å². The molecule has 0 spiro atoms. The molecule has 1 aromatic carbocycles. The SMILES string of the molecule is Cc1ccc(Nc2cc(-c3ccccn3)nc(NCCCN(C)C)n2)cc1C(F)(F)F. The van der Waals surface area contributed by atoms with Gasteiger partial charge in [0.05, 0.1) is 17.0 Å². The predicted octanol–water partition coefficient (Wildman–Crippen LogP) is 4.97. The number of halogens is 3. The van der Waals surface area contributed by atoms with Crippen molar-refractivity contribution in [1.29, 1.82) is 0 Å². The van der Waals surface area contributed by atoms with Crippen molar-refractivity contribution in [2.75, 3.05) is 37.8 Å². The summed E-state index contributed by atoms with van der Waals surface area (Å²) in [5.74, 6) is 0.760. The van der Waals surface area contributed by atoms with E-state index in [0.717, 1.165) is 19.0 Å². The van der Waals surface area contributed by atoms with E-state index in [9.17, 15) is 13.2 Å². The van der Waals surface area contributed by atoms with E-state index >= 15 is 0 Å². The Morgan fingerprint density at radius 1 is 1.00 bits per heavy atom. The first-order chi connectivity index (χ1) is 14.7. The number of anilines is 3. The molecule has 0 saturated heterocycles. The maximum Gasteiger partial charge on any atom is 0.416 e. The van der Waals surface area contributed by atoms with Gasteiger partial charge in [-0.05, 0) is 63.8 Å². The van der Waals surface area contributed by atoms with E-state index in [-0.39, 0.29) is 5.56 Å². The van der Waals surface area contributed by atoms with Crippen molar-refractivity contribution >= 4 is 17.5 Å². The summed E-state index contributed by atoms with van der Waals surface area (Å²) >= 11 is 0. The molecule has 0 atom stereocenters. The van der Waals surface area contributed by atoms with Crippen LogP contribution in [0, 0.1) is 6.92 Å². The Balaban J connectivity index is 1.89. The lowest BCUT2D eigenvalue weighted by Crippen LogP contribution is -2.17. The van der Waals surface area contributed by atoms with Gasteiger partial charge in [-0.2, -0.15) is 18.2 Å². The van der Waals surface area contributed by atoms with Gasteiger partial charge < -0.3 is 15.5 Å². The van der Waals surface area contributed by atoms with Crippen LogP contribution in [0.4, 0.5) is 30.6 Å². The number of nitrogens with zero attached hydrogens (tertiary/aromatic N) is 4. The third-order valence-corrected chi connectivity index (χ3v) is 4.53. The molecule has 164 valence electrons. The molecule has 0 amide bonds. The van der Waals surface area contributed by atoms with Crippen molar-refractivity contribution < 1.29 is 13.2 Å². The van der Waals surface area contributed by atoms with Crippen LogP contribution in [0.5, 0.6) is 0 Å². The average molecular weight is 430 g/mol. The lowest BCUT2D eigenvalue weighted by atomic mass is 10.1. The molecule has 6 nitrogen and oxygen atoms in total. The lowest BCUT2D eigenvalue weighted by Gasteiger charge is -2.15. The summed E-state index contributed by atoms with van der Waals surface area (Å²) in [7, 11) is 3.99. The third-order valence-electron chi connectivity index (χ3n) is 4.53. The maximum absolute atomic E-state index is 13.3. The standard InChI is InChI=1S/C22H25F3N6/c1-15-8-9-16(13-17(15)22(23,24)25)28-20-14-19(18-7-4-5-10-26-18)29-21(30-20)27-11-6-12-31(2)3/h4-5,7-10,13-14H,6,11-12H2,1-3H3,(H2,27,28,29,30). The minimum absolute atomic E-state index is 0.165. The first-order valence-corrected chi connectivity index (χ1v) is 9.86. The van der Waals surface area contributed by atoms with Crippen LogP contribution in [0.25, 0.3) is 11.4 Å². The van der Waals surface area contributed by atoms with Gasteiger partial charge in [0.1, 0.15) is 5.82 Å². The van der Waals surface area contributed by atoms with Gasteiger partial charge in [-0.15, -0.1) is 0 Å². The highest BCUT2D eigenvalue weighted by Crippen LogP contribution is 2.34. The molecule has 0 fully saturated rings. The summed E-state index contributed by atoms with van der Waals surface area (Å²) in [5, 5.41) is 6.16. The molecule has 3 aromatic rings. The van der Waals surface area contributed by atoms with E-state index in [1.54, 1.807) is 24.4 Å². The van der Waals surface area contributed by atoms with Crippen LogP contribution in [0.1, 0.15) is 17.5 Å². The Kier molecular flexibility index (Phi) is 7.06. The molecule has 0 radical (unpaired) electrons. The van der Waals surface area contributed by atoms with Crippen LogP contribution in [0.2, 0.25) is 0 Å². The summed E-state index contributed by atoms with van der Waals surface area (Å²) in [6, 6.07) is 11.2. The summed E-state index contributed by atoms with van der Waals surface area (Å²) in [6.07, 6.45) is -1.88. The molecule has 0 aliphatic heterocycles. The minimum Gasteiger partial charge on any atom is -0.354 e. The van der Waals surface area contributed by atoms with Crippen molar-refractivity contribution in [2.24, 2.45) is 0 Å². The Labute approximate surface area is 179 Å². The fraction of sp³-hybridized carbons (Fsp3) is 0.318. The second kappa shape index (κ2) is 9.74. The highest BCUT2D eigenvalue weighted by Gasteiger charge is 2.32. The number of rotatable bonds is 8. The van der Waals surface area contributed by atoms with Crippen LogP contribution in [0.15, 0.2) is 48.7 Å². The molecule has 2 aromatic heterocycles. The molecule has 0 aliphatic rings. The third kappa shape index (κ3) is 6.39.